The molecule has 38 heavy (non-hydrogen) atoms. The van der Waals surface area contributed by atoms with Gasteiger partial charge in [-0.2, -0.15) is 0 Å². The summed E-state index contributed by atoms with van der Waals surface area (Å²) in [4.78, 5) is 0. The Morgan fingerprint density at radius 2 is 1.53 bits per heavy atom. The van der Waals surface area contributed by atoms with Gasteiger partial charge in [0.1, 0.15) is 34.9 Å². The molecule has 0 amide bonds. The van der Waals surface area contributed by atoms with Crippen molar-refractivity contribution >= 4 is 0 Å². The first-order valence-corrected chi connectivity index (χ1v) is 12.3. The van der Waals surface area contributed by atoms with Crippen LogP contribution in [0.15, 0.2) is 72.8 Å². The number of rotatable bonds is 2. The molecule has 3 aliphatic heterocycles. The van der Waals surface area contributed by atoms with Crippen molar-refractivity contribution in [3.05, 3.63) is 101 Å². The summed E-state index contributed by atoms with van der Waals surface area (Å²) in [5, 5.41) is 51.6. The Labute approximate surface area is 217 Å². The minimum absolute atomic E-state index is 0.0704. The molecule has 0 saturated carbocycles. The number of hydrogen-bond acceptors (Lipinski definition) is 8. The van der Waals surface area contributed by atoms with Crippen LogP contribution < -0.4 is 14.2 Å². The lowest BCUT2D eigenvalue weighted by molar-refractivity contribution is -0.149. The monoisotopic (exact) mass is 512 g/mol. The maximum absolute atomic E-state index is 11.0. The molecule has 0 spiro atoms. The molecule has 2 bridgehead atoms. The average Bonchev–Trinajstić information content (AvgIpc) is 2.90. The van der Waals surface area contributed by atoms with Gasteiger partial charge in [0.05, 0.1) is 6.10 Å². The van der Waals surface area contributed by atoms with Gasteiger partial charge < -0.3 is 39.7 Å². The van der Waals surface area contributed by atoms with Crippen molar-refractivity contribution in [2.75, 3.05) is 0 Å². The van der Waals surface area contributed by atoms with Gasteiger partial charge in [0, 0.05) is 47.1 Å². The van der Waals surface area contributed by atoms with Gasteiger partial charge in [-0.15, -0.1) is 0 Å². The van der Waals surface area contributed by atoms with Gasteiger partial charge >= 0.3 is 0 Å². The molecule has 8 heteroatoms. The number of aromatic hydroxyl groups is 4. The Balaban J connectivity index is 1.41. The first-order chi connectivity index (χ1) is 18.3. The predicted molar refractivity (Wildman–Crippen MR) is 135 cm³/mol. The van der Waals surface area contributed by atoms with Crippen LogP contribution in [0.25, 0.3) is 0 Å². The number of ether oxygens (including phenoxy) is 3. The zero-order valence-electron chi connectivity index (χ0n) is 20.0. The first kappa shape index (κ1) is 22.6. The number of phenolic OH excluding ortho intramolecular Hbond substituents is 4. The quantitative estimate of drug-likeness (QED) is 0.244. The third-order valence-corrected chi connectivity index (χ3v) is 7.67. The van der Waals surface area contributed by atoms with E-state index in [-0.39, 0.29) is 35.3 Å². The minimum atomic E-state index is -1.20. The zero-order valence-corrected chi connectivity index (χ0v) is 20.0. The zero-order chi connectivity index (χ0) is 26.2. The summed E-state index contributed by atoms with van der Waals surface area (Å²) in [6, 6.07) is 20.2. The number of para-hydroxylation sites is 1. The lowest BCUT2D eigenvalue weighted by atomic mass is 9.76. The van der Waals surface area contributed by atoms with E-state index < -0.39 is 18.0 Å². The summed E-state index contributed by atoms with van der Waals surface area (Å²) in [7, 11) is 0. The number of hydrogen-bond donors (Lipinski definition) is 5. The molecule has 7 rings (SSSR count). The molecule has 0 saturated heterocycles. The van der Waals surface area contributed by atoms with Crippen molar-refractivity contribution in [1.82, 2.24) is 0 Å². The smallest absolute Gasteiger partial charge is 0.278 e. The molecule has 4 aromatic rings. The Morgan fingerprint density at radius 3 is 2.32 bits per heavy atom. The number of benzene rings is 4. The van der Waals surface area contributed by atoms with Crippen molar-refractivity contribution in [2.45, 2.75) is 36.8 Å². The molecule has 0 unspecified atom stereocenters. The maximum atomic E-state index is 11.0. The van der Waals surface area contributed by atoms with E-state index in [1.807, 2.05) is 24.3 Å². The average molecular weight is 513 g/mol. The van der Waals surface area contributed by atoms with Gasteiger partial charge in [-0.3, -0.25) is 0 Å². The van der Waals surface area contributed by atoms with Crippen LogP contribution in [0.4, 0.5) is 0 Å². The second-order valence-electron chi connectivity index (χ2n) is 9.97. The molecule has 0 aliphatic carbocycles. The second kappa shape index (κ2) is 7.97. The molecular formula is C30H24O8. The van der Waals surface area contributed by atoms with Crippen molar-refractivity contribution in [2.24, 2.45) is 0 Å². The summed E-state index contributed by atoms with van der Waals surface area (Å²) >= 11 is 0. The standard InChI is InChI=1S/C30H24O8/c31-17-8-6-16(7-9-17)30-14-20(18-3-1-2-4-25(18)37-30)27-26(38-30)13-22(33)19-12-24(35)28(36-29(19)27)15-5-10-21(32)23(34)11-15/h1-11,13,20,24,28,31-35H,12,14H2/t20-,24-,28+,30-/m1/s1. The Morgan fingerprint density at radius 1 is 0.763 bits per heavy atom. The lowest BCUT2D eigenvalue weighted by Crippen LogP contribution is -2.47. The van der Waals surface area contributed by atoms with Crippen molar-refractivity contribution < 1.29 is 39.7 Å². The fourth-order valence-electron chi connectivity index (χ4n) is 5.86. The molecule has 192 valence electrons. The fraction of sp³-hybridized carbons (Fsp3) is 0.200. The highest BCUT2D eigenvalue weighted by molar-refractivity contribution is 5.64. The normalized spacial score (nSPS) is 24.6. The van der Waals surface area contributed by atoms with E-state index in [1.54, 1.807) is 30.3 Å². The Kier molecular flexibility index (Phi) is 4.74. The van der Waals surface area contributed by atoms with Crippen molar-refractivity contribution in [3.8, 4) is 40.2 Å². The second-order valence-corrected chi connectivity index (χ2v) is 9.97. The van der Waals surface area contributed by atoms with Crippen molar-refractivity contribution in [3.63, 3.8) is 0 Å². The van der Waals surface area contributed by atoms with Gasteiger partial charge in [-0.1, -0.05) is 24.3 Å². The highest BCUT2D eigenvalue weighted by atomic mass is 16.7. The highest BCUT2D eigenvalue weighted by Gasteiger charge is 2.52. The van der Waals surface area contributed by atoms with Crippen LogP contribution in [0.3, 0.4) is 0 Å². The summed E-state index contributed by atoms with van der Waals surface area (Å²) in [6.07, 6.45) is -1.32. The molecule has 0 aromatic heterocycles. The van der Waals surface area contributed by atoms with E-state index in [0.29, 0.717) is 40.4 Å². The molecule has 0 fully saturated rings. The molecular weight excluding hydrogens is 488 g/mol. The van der Waals surface area contributed by atoms with Crippen LogP contribution in [0.2, 0.25) is 0 Å². The molecule has 3 aliphatic rings. The molecule has 4 atom stereocenters. The van der Waals surface area contributed by atoms with E-state index >= 15 is 0 Å². The number of aliphatic hydroxyl groups is 1. The summed E-state index contributed by atoms with van der Waals surface area (Å²) in [6.45, 7) is 0. The Hall–Kier alpha value is -4.56. The van der Waals surface area contributed by atoms with Crippen LogP contribution >= 0.6 is 0 Å². The van der Waals surface area contributed by atoms with Crippen LogP contribution in [0.1, 0.15) is 46.3 Å². The number of fused-ring (bicyclic) bond motifs is 8. The lowest BCUT2D eigenvalue weighted by Gasteiger charge is -2.47. The van der Waals surface area contributed by atoms with E-state index in [4.69, 9.17) is 14.2 Å². The van der Waals surface area contributed by atoms with Crippen LogP contribution in [0.5, 0.6) is 40.2 Å². The molecule has 0 radical (unpaired) electrons. The molecule has 5 N–H and O–H groups in total. The summed E-state index contributed by atoms with van der Waals surface area (Å²) < 4.78 is 19.4. The van der Waals surface area contributed by atoms with Crippen molar-refractivity contribution in [1.29, 1.82) is 0 Å². The van der Waals surface area contributed by atoms with E-state index in [1.165, 1.54) is 18.2 Å². The third kappa shape index (κ3) is 3.27. The topological polar surface area (TPSA) is 129 Å². The highest BCUT2D eigenvalue weighted by Crippen LogP contribution is 2.60. The molecule has 4 aromatic carbocycles. The van der Waals surface area contributed by atoms with Crippen LogP contribution in [-0.2, 0) is 12.2 Å². The van der Waals surface area contributed by atoms with Crippen LogP contribution in [0, 0.1) is 0 Å². The first-order valence-electron chi connectivity index (χ1n) is 12.3. The summed E-state index contributed by atoms with van der Waals surface area (Å²) in [5.74, 6) is -0.493. The minimum Gasteiger partial charge on any atom is -0.508 e. The van der Waals surface area contributed by atoms with Gasteiger partial charge in [0.15, 0.2) is 11.5 Å². The fourth-order valence-corrected chi connectivity index (χ4v) is 5.86. The number of aliphatic hydroxyl groups excluding tert-OH is 1. The van der Waals surface area contributed by atoms with Gasteiger partial charge in [-0.25, -0.2) is 0 Å². The van der Waals surface area contributed by atoms with Gasteiger partial charge in [-0.05, 0) is 48.0 Å². The molecule has 8 nitrogen and oxygen atoms in total. The number of phenols is 4. The van der Waals surface area contributed by atoms with E-state index in [9.17, 15) is 25.5 Å². The Bertz CT molecular complexity index is 1580. The maximum Gasteiger partial charge on any atom is 0.278 e. The largest absolute Gasteiger partial charge is 0.508 e. The SMILES string of the molecule is Oc1ccc([C@]23C[C@H](c4ccccc4O2)c2c(cc(O)c4c2O[C@@H](c2ccc(O)c(O)c2)[C@H](O)C4)O3)cc1. The molecule has 3 heterocycles. The van der Waals surface area contributed by atoms with E-state index in [2.05, 4.69) is 0 Å². The van der Waals surface area contributed by atoms with E-state index in [0.717, 1.165) is 11.1 Å². The van der Waals surface area contributed by atoms with Crippen LogP contribution in [-0.4, -0.2) is 31.6 Å². The predicted octanol–water partition coefficient (Wildman–Crippen LogP) is 4.71. The third-order valence-electron chi connectivity index (χ3n) is 7.67. The van der Waals surface area contributed by atoms with Gasteiger partial charge in [0.25, 0.3) is 5.79 Å². The summed E-state index contributed by atoms with van der Waals surface area (Å²) in [5.41, 5.74) is 3.35. The van der Waals surface area contributed by atoms with Gasteiger partial charge in [0.2, 0.25) is 0 Å².